The van der Waals surface area contributed by atoms with E-state index in [0.29, 0.717) is 29.3 Å². The summed E-state index contributed by atoms with van der Waals surface area (Å²) in [6.07, 6.45) is 5.21. The van der Waals surface area contributed by atoms with E-state index in [1.54, 1.807) is 35.1 Å². The zero-order valence-corrected chi connectivity index (χ0v) is 18.3. The third kappa shape index (κ3) is 4.42. The fourth-order valence-electron chi connectivity index (χ4n) is 3.39. The van der Waals surface area contributed by atoms with Crippen molar-refractivity contribution in [3.63, 3.8) is 0 Å². The number of benzene rings is 1. The molecule has 3 heterocycles. The van der Waals surface area contributed by atoms with Crippen molar-refractivity contribution in [2.45, 2.75) is 0 Å². The Morgan fingerprint density at radius 1 is 1.19 bits per heavy atom. The van der Waals surface area contributed by atoms with Crippen molar-refractivity contribution in [2.24, 2.45) is 0 Å². The van der Waals surface area contributed by atoms with Crippen molar-refractivity contribution in [1.29, 1.82) is 0 Å². The second kappa shape index (κ2) is 9.11. The summed E-state index contributed by atoms with van der Waals surface area (Å²) in [4.78, 5) is 12.9. The maximum atomic E-state index is 7.61. The van der Waals surface area contributed by atoms with Crippen LogP contribution in [0.1, 0.15) is 4.11 Å². The molecule has 166 valence electrons. The molecule has 3 N–H and O–H groups in total. The molecule has 0 spiro atoms. The Hall–Kier alpha value is -3.85. The van der Waals surface area contributed by atoms with E-state index in [1.807, 2.05) is 50.4 Å². The molecule has 4 aromatic rings. The van der Waals surface area contributed by atoms with Crippen LogP contribution in [0.5, 0.6) is 5.75 Å². The molecule has 0 saturated carbocycles. The first-order chi connectivity index (χ1) is 16.6. The predicted octanol–water partition coefficient (Wildman–Crippen LogP) is 3.12. The van der Waals surface area contributed by atoms with Gasteiger partial charge in [-0.1, -0.05) is 6.07 Å². The highest BCUT2D eigenvalue weighted by Crippen LogP contribution is 2.36. The second-order valence-corrected chi connectivity index (χ2v) is 7.71. The third-order valence-corrected chi connectivity index (χ3v) is 5.14. The summed E-state index contributed by atoms with van der Waals surface area (Å²) in [6.45, 7) is 1.50. The standard InChI is InChI=1S/C23H28N8O/c1-29(2)11-12-30(3)21-14-22(32-4)19(13-17(21)24)28-23-25-9-8-18(27-23)16-15-26-31-10-6-5-7-20(16)31/h5-10,13-15H,11-12,24H2,1-4H3,(H,25,27,28)/i4D3. The van der Waals surface area contributed by atoms with Crippen LogP contribution in [-0.2, 0) is 0 Å². The SMILES string of the molecule is [2H]C([2H])([2H])Oc1cc(N(C)CCN(C)C)c(N)cc1Nc1nccc(-c2cnn3ccccc23)n1. The minimum Gasteiger partial charge on any atom is -0.494 e. The lowest BCUT2D eigenvalue weighted by atomic mass is 10.2. The monoisotopic (exact) mass is 435 g/mol. The predicted molar refractivity (Wildman–Crippen MR) is 129 cm³/mol. The van der Waals surface area contributed by atoms with E-state index in [9.17, 15) is 0 Å². The number of pyridine rings is 1. The lowest BCUT2D eigenvalue weighted by molar-refractivity contribution is 0.413. The van der Waals surface area contributed by atoms with Gasteiger partial charge in [0.15, 0.2) is 0 Å². The van der Waals surface area contributed by atoms with Gasteiger partial charge in [0.25, 0.3) is 0 Å². The Kier molecular flexibility index (Phi) is 5.06. The summed E-state index contributed by atoms with van der Waals surface area (Å²) in [6, 6.07) is 10.8. The molecule has 0 aliphatic heterocycles. The summed E-state index contributed by atoms with van der Waals surface area (Å²) < 4.78 is 29.9. The Morgan fingerprint density at radius 3 is 2.88 bits per heavy atom. The van der Waals surface area contributed by atoms with Crippen molar-refractivity contribution in [3.8, 4) is 17.0 Å². The number of nitrogens with one attached hydrogen (secondary N) is 1. The molecule has 4 rings (SSSR count). The van der Waals surface area contributed by atoms with Gasteiger partial charge in [0.2, 0.25) is 5.95 Å². The van der Waals surface area contributed by atoms with E-state index in [2.05, 4.69) is 25.3 Å². The molecule has 0 aliphatic rings. The quantitative estimate of drug-likeness (QED) is 0.408. The van der Waals surface area contributed by atoms with Crippen LogP contribution in [0.2, 0.25) is 0 Å². The molecule has 0 saturated heterocycles. The molecule has 0 unspecified atom stereocenters. The molecule has 0 radical (unpaired) electrons. The van der Waals surface area contributed by atoms with Crippen LogP contribution in [0.15, 0.2) is 55.0 Å². The zero-order chi connectivity index (χ0) is 25.2. The number of rotatable bonds is 8. The minimum atomic E-state index is -2.65. The van der Waals surface area contributed by atoms with E-state index < -0.39 is 7.04 Å². The largest absolute Gasteiger partial charge is 0.494 e. The van der Waals surface area contributed by atoms with E-state index in [4.69, 9.17) is 14.6 Å². The number of nitrogens with two attached hydrogens (primary N) is 1. The summed E-state index contributed by atoms with van der Waals surface area (Å²) >= 11 is 0. The van der Waals surface area contributed by atoms with Gasteiger partial charge < -0.3 is 25.6 Å². The molecular formula is C23H28N8O. The average molecular weight is 436 g/mol. The lowest BCUT2D eigenvalue weighted by Crippen LogP contribution is -2.29. The first kappa shape index (κ1) is 17.8. The molecule has 0 fully saturated rings. The topological polar surface area (TPSA) is 96.8 Å². The van der Waals surface area contributed by atoms with Gasteiger partial charge in [0.1, 0.15) is 5.75 Å². The molecule has 32 heavy (non-hydrogen) atoms. The Bertz CT molecular complexity index is 1320. The van der Waals surface area contributed by atoms with Crippen molar-refractivity contribution in [3.05, 3.63) is 55.0 Å². The number of aromatic nitrogens is 4. The number of hydrogen-bond donors (Lipinski definition) is 2. The van der Waals surface area contributed by atoms with Crippen molar-refractivity contribution < 1.29 is 8.85 Å². The first-order valence-corrected chi connectivity index (χ1v) is 10.1. The number of nitrogens with zero attached hydrogens (tertiary/aromatic N) is 6. The van der Waals surface area contributed by atoms with Crippen molar-refractivity contribution in [1.82, 2.24) is 24.5 Å². The highest BCUT2D eigenvalue weighted by molar-refractivity contribution is 5.80. The summed E-state index contributed by atoms with van der Waals surface area (Å²) in [5.41, 5.74) is 10.2. The van der Waals surface area contributed by atoms with Gasteiger partial charge in [-0.15, -0.1) is 0 Å². The average Bonchev–Trinajstić information content (AvgIpc) is 3.23. The highest BCUT2D eigenvalue weighted by atomic mass is 16.5. The summed E-state index contributed by atoms with van der Waals surface area (Å²) in [5.74, 6) is 0.386. The maximum Gasteiger partial charge on any atom is 0.227 e. The van der Waals surface area contributed by atoms with Gasteiger partial charge in [0, 0.05) is 44.2 Å². The molecule has 1 aromatic carbocycles. The number of nitrogen functional groups attached to an aromatic ring is 1. The maximum absolute atomic E-state index is 7.61. The van der Waals surface area contributed by atoms with Gasteiger partial charge in [-0.05, 0) is 38.4 Å². The molecule has 0 atom stereocenters. The number of fused-ring (bicyclic) bond motifs is 1. The zero-order valence-electron chi connectivity index (χ0n) is 21.3. The van der Waals surface area contributed by atoms with Crippen LogP contribution in [0.25, 0.3) is 16.8 Å². The number of hydrogen-bond acceptors (Lipinski definition) is 8. The summed E-state index contributed by atoms with van der Waals surface area (Å²) in [5, 5.41) is 7.43. The molecular weight excluding hydrogens is 404 g/mol. The minimum absolute atomic E-state index is 0.121. The van der Waals surface area contributed by atoms with Crippen LogP contribution in [0.3, 0.4) is 0 Å². The highest BCUT2D eigenvalue weighted by Gasteiger charge is 2.14. The van der Waals surface area contributed by atoms with Gasteiger partial charge in [-0.3, -0.25) is 0 Å². The molecule has 0 aliphatic carbocycles. The Labute approximate surface area is 191 Å². The number of anilines is 4. The fourth-order valence-corrected chi connectivity index (χ4v) is 3.39. The third-order valence-electron chi connectivity index (χ3n) is 5.14. The Balaban J connectivity index is 1.67. The van der Waals surface area contributed by atoms with Crippen LogP contribution < -0.4 is 20.7 Å². The molecule has 9 heteroatoms. The van der Waals surface area contributed by atoms with E-state index >= 15 is 0 Å². The van der Waals surface area contributed by atoms with Crippen molar-refractivity contribution >= 4 is 28.5 Å². The molecule has 9 nitrogen and oxygen atoms in total. The Morgan fingerprint density at radius 2 is 2.06 bits per heavy atom. The molecule has 0 bridgehead atoms. The van der Waals surface area contributed by atoms with Gasteiger partial charge in [0.05, 0.1) is 45.6 Å². The van der Waals surface area contributed by atoms with Crippen LogP contribution in [-0.4, -0.2) is 65.8 Å². The summed E-state index contributed by atoms with van der Waals surface area (Å²) in [7, 11) is 3.21. The van der Waals surface area contributed by atoms with E-state index in [0.717, 1.165) is 17.6 Å². The van der Waals surface area contributed by atoms with Crippen LogP contribution >= 0.6 is 0 Å². The van der Waals surface area contributed by atoms with Gasteiger partial charge in [-0.25, -0.2) is 14.5 Å². The van der Waals surface area contributed by atoms with Gasteiger partial charge >= 0.3 is 0 Å². The normalized spacial score (nSPS) is 12.9. The number of methoxy groups -OCH3 is 1. The van der Waals surface area contributed by atoms with E-state index in [-0.39, 0.29) is 11.7 Å². The van der Waals surface area contributed by atoms with Crippen LogP contribution in [0, 0.1) is 0 Å². The fraction of sp³-hybridized carbons (Fsp3) is 0.261. The molecule has 3 aromatic heterocycles. The van der Waals surface area contributed by atoms with Gasteiger partial charge in [-0.2, -0.15) is 5.10 Å². The smallest absolute Gasteiger partial charge is 0.227 e. The number of ether oxygens (including phenoxy) is 1. The second-order valence-electron chi connectivity index (χ2n) is 7.71. The first-order valence-electron chi connectivity index (χ1n) is 11.6. The number of likely N-dealkylation sites (N-methyl/N-ethyl adjacent to an activating group) is 2. The van der Waals surface area contributed by atoms with Crippen LogP contribution in [0.4, 0.5) is 23.0 Å². The van der Waals surface area contributed by atoms with E-state index in [1.165, 1.54) is 0 Å². The lowest BCUT2D eigenvalue weighted by Gasteiger charge is -2.24. The molecule has 0 amide bonds. The van der Waals surface area contributed by atoms with Crippen molar-refractivity contribution in [2.75, 3.05) is 57.2 Å².